The molecule has 42 heavy (non-hydrogen) atoms. The molecule has 8 heteroatoms. The number of nitrogens with zero attached hydrogens (tertiary/aromatic N) is 3. The van der Waals surface area contributed by atoms with Gasteiger partial charge >= 0.3 is 5.97 Å². The first-order valence-corrected chi connectivity index (χ1v) is 16.4. The lowest BCUT2D eigenvalue weighted by Gasteiger charge is -2.39. The van der Waals surface area contributed by atoms with Crippen LogP contribution in [0.15, 0.2) is 24.5 Å². The molecule has 2 aromatic rings. The predicted molar refractivity (Wildman–Crippen MR) is 167 cm³/mol. The Labute approximate surface area is 254 Å². The number of amides is 1. The number of hydrogen-bond acceptors (Lipinski definition) is 6. The summed E-state index contributed by atoms with van der Waals surface area (Å²) in [6.07, 6.45) is 11.9. The molecular weight excluding hydrogens is 546 g/mol. The number of likely N-dealkylation sites (tertiary alicyclic amines) is 1. The number of anilines is 1. The van der Waals surface area contributed by atoms with E-state index < -0.39 is 5.97 Å². The number of rotatable bonds is 8. The second kappa shape index (κ2) is 13.2. The van der Waals surface area contributed by atoms with Gasteiger partial charge in [-0.2, -0.15) is 0 Å². The molecule has 1 amide bonds. The maximum Gasteiger partial charge on any atom is 0.348 e. The Morgan fingerprint density at radius 3 is 2.45 bits per heavy atom. The van der Waals surface area contributed by atoms with Gasteiger partial charge in [0.25, 0.3) is 0 Å². The number of carbonyl (C=O) groups excluding carboxylic acids is 1. The summed E-state index contributed by atoms with van der Waals surface area (Å²) in [5, 5.41) is 10.2. The third-order valence-corrected chi connectivity index (χ3v) is 9.87. The number of carboxylic acid groups (broad SMARTS) is 1. The molecule has 2 aliphatic carbocycles. The zero-order chi connectivity index (χ0) is 29.9. The highest BCUT2D eigenvalue weighted by atomic mass is 32.1. The summed E-state index contributed by atoms with van der Waals surface area (Å²) in [4.78, 5) is 36.2. The van der Waals surface area contributed by atoms with Crippen molar-refractivity contribution in [3.63, 3.8) is 0 Å². The van der Waals surface area contributed by atoms with Crippen molar-refractivity contribution in [2.24, 2.45) is 17.3 Å². The molecule has 2 aromatic heterocycles. The average molecular weight is 592 g/mol. The summed E-state index contributed by atoms with van der Waals surface area (Å²) in [5.74, 6) is 6.89. The minimum absolute atomic E-state index is 0.0442. The van der Waals surface area contributed by atoms with Gasteiger partial charge in [-0.15, -0.1) is 11.3 Å². The van der Waals surface area contributed by atoms with Gasteiger partial charge in [0.1, 0.15) is 10.6 Å². The number of aromatic carboxylic acids is 1. The molecule has 5 rings (SSSR count). The first kappa shape index (κ1) is 30.6. The Kier molecular flexibility index (Phi) is 9.59. The highest BCUT2D eigenvalue weighted by Crippen LogP contribution is 2.39. The van der Waals surface area contributed by atoms with Crippen molar-refractivity contribution >= 4 is 28.9 Å². The number of pyridine rings is 1. The fourth-order valence-corrected chi connectivity index (χ4v) is 7.09. The highest BCUT2D eigenvalue weighted by molar-refractivity contribution is 7.15. The quantitative estimate of drug-likeness (QED) is 0.333. The Morgan fingerprint density at radius 2 is 1.83 bits per heavy atom. The van der Waals surface area contributed by atoms with Crippen LogP contribution < -0.4 is 9.64 Å². The van der Waals surface area contributed by atoms with E-state index in [9.17, 15) is 14.7 Å². The predicted octanol–water partition coefficient (Wildman–Crippen LogP) is 6.99. The fourth-order valence-electron chi connectivity index (χ4n) is 6.25. The Hall–Kier alpha value is -2.89. The topological polar surface area (TPSA) is 83.0 Å². The van der Waals surface area contributed by atoms with E-state index >= 15 is 0 Å². The van der Waals surface area contributed by atoms with E-state index in [0.29, 0.717) is 16.5 Å². The van der Waals surface area contributed by atoms with Crippen molar-refractivity contribution in [2.75, 3.05) is 18.0 Å². The molecule has 1 N–H and O–H groups in total. The van der Waals surface area contributed by atoms with Crippen LogP contribution in [-0.2, 0) is 11.3 Å². The first-order valence-electron chi connectivity index (χ1n) is 15.6. The van der Waals surface area contributed by atoms with Gasteiger partial charge in [0, 0.05) is 35.7 Å². The van der Waals surface area contributed by atoms with E-state index in [0.717, 1.165) is 76.8 Å². The monoisotopic (exact) mass is 591 g/mol. The number of aromatic nitrogens is 1. The maximum atomic E-state index is 14.2. The minimum atomic E-state index is -1.00. The SMILES string of the molecule is CC1CCC(C(=O)N(c2cc(C#CC(C)(C)C)sc2C(=O)O)[C@H]2CC[C@H](Oc3cnccc3CN3CCC3)CC2)CC1. The standard InChI is InChI=1S/C34H45N3O4S/c1-23-6-8-24(9-7-23)32(38)37(29-20-28(14-16-34(2,3)4)42-31(29)33(39)40)26-10-12-27(13-11-26)41-30-21-35-17-15-25(30)22-36-18-5-19-36/h15,17,20-21,23-24,26-27H,5-13,18-19,22H2,1-4H3,(H,39,40)/t23?,24?,26-,27-. The van der Waals surface area contributed by atoms with E-state index in [2.05, 4.69) is 34.7 Å². The van der Waals surface area contributed by atoms with Crippen LogP contribution in [0.4, 0.5) is 5.69 Å². The van der Waals surface area contributed by atoms with Crippen molar-refractivity contribution in [2.45, 2.75) is 104 Å². The maximum absolute atomic E-state index is 14.2. The van der Waals surface area contributed by atoms with Crippen LogP contribution in [0.25, 0.3) is 0 Å². The molecule has 0 radical (unpaired) electrons. The van der Waals surface area contributed by atoms with Crippen molar-refractivity contribution in [3.05, 3.63) is 39.8 Å². The molecule has 1 saturated heterocycles. The van der Waals surface area contributed by atoms with Gasteiger partial charge in [0.15, 0.2) is 0 Å². The van der Waals surface area contributed by atoms with Crippen LogP contribution in [0.5, 0.6) is 5.75 Å². The molecule has 0 spiro atoms. The minimum Gasteiger partial charge on any atom is -0.488 e. The smallest absolute Gasteiger partial charge is 0.348 e. The molecule has 7 nitrogen and oxygen atoms in total. The van der Waals surface area contributed by atoms with Gasteiger partial charge in [-0.05, 0) is 110 Å². The molecule has 226 valence electrons. The summed E-state index contributed by atoms with van der Waals surface area (Å²) in [7, 11) is 0. The van der Waals surface area contributed by atoms with E-state index in [1.807, 2.05) is 44.1 Å². The summed E-state index contributed by atoms with van der Waals surface area (Å²) in [6, 6.07) is 3.83. The van der Waals surface area contributed by atoms with Crippen LogP contribution >= 0.6 is 11.3 Å². The van der Waals surface area contributed by atoms with Crippen LogP contribution in [0, 0.1) is 29.1 Å². The van der Waals surface area contributed by atoms with E-state index in [-0.39, 0.29) is 34.3 Å². The van der Waals surface area contributed by atoms with E-state index in [4.69, 9.17) is 4.74 Å². The van der Waals surface area contributed by atoms with Gasteiger partial charge < -0.3 is 14.7 Å². The lowest BCUT2D eigenvalue weighted by Crippen LogP contribution is -2.47. The molecule has 3 fully saturated rings. The van der Waals surface area contributed by atoms with Gasteiger partial charge in [0.2, 0.25) is 5.91 Å². The molecule has 3 heterocycles. The lowest BCUT2D eigenvalue weighted by molar-refractivity contribution is -0.124. The summed E-state index contributed by atoms with van der Waals surface area (Å²) >= 11 is 1.18. The lowest BCUT2D eigenvalue weighted by atomic mass is 9.81. The van der Waals surface area contributed by atoms with Crippen molar-refractivity contribution < 1.29 is 19.4 Å². The second-order valence-corrected chi connectivity index (χ2v) is 14.5. The normalized spacial score (nSPS) is 24.7. The zero-order valence-electron chi connectivity index (χ0n) is 25.5. The summed E-state index contributed by atoms with van der Waals surface area (Å²) in [5.41, 5.74) is 1.48. The van der Waals surface area contributed by atoms with Crippen LogP contribution in [0.3, 0.4) is 0 Å². The zero-order valence-corrected chi connectivity index (χ0v) is 26.3. The van der Waals surface area contributed by atoms with Gasteiger partial charge in [-0.25, -0.2) is 4.79 Å². The molecule has 0 aromatic carbocycles. The second-order valence-electron chi connectivity index (χ2n) is 13.5. The van der Waals surface area contributed by atoms with Gasteiger partial charge in [-0.1, -0.05) is 18.8 Å². The van der Waals surface area contributed by atoms with Crippen molar-refractivity contribution in [1.82, 2.24) is 9.88 Å². The van der Waals surface area contributed by atoms with Gasteiger partial charge in [0.05, 0.1) is 22.9 Å². The largest absolute Gasteiger partial charge is 0.488 e. The highest BCUT2D eigenvalue weighted by Gasteiger charge is 2.38. The Bertz CT molecular complexity index is 1320. The number of carbonyl (C=O) groups is 2. The Morgan fingerprint density at radius 1 is 1.12 bits per heavy atom. The molecule has 1 aliphatic heterocycles. The third kappa shape index (κ3) is 7.54. The molecule has 3 aliphatic rings. The fraction of sp³-hybridized carbons (Fsp3) is 0.618. The van der Waals surface area contributed by atoms with E-state index in [1.54, 1.807) is 0 Å². The number of hydrogen-bond donors (Lipinski definition) is 1. The molecular formula is C34H45N3O4S. The Balaban J connectivity index is 1.36. The van der Waals surface area contributed by atoms with Crippen molar-refractivity contribution in [1.29, 1.82) is 0 Å². The summed E-state index contributed by atoms with van der Waals surface area (Å²) in [6.45, 7) is 11.5. The molecule has 0 unspecified atom stereocenters. The van der Waals surface area contributed by atoms with Crippen LogP contribution in [0.2, 0.25) is 0 Å². The number of ether oxygens (including phenoxy) is 1. The third-order valence-electron chi connectivity index (χ3n) is 8.84. The average Bonchev–Trinajstić information content (AvgIpc) is 3.36. The van der Waals surface area contributed by atoms with Gasteiger partial charge in [-0.3, -0.25) is 14.7 Å². The van der Waals surface area contributed by atoms with Crippen LogP contribution in [0.1, 0.15) is 106 Å². The first-order chi connectivity index (χ1) is 20.1. The summed E-state index contributed by atoms with van der Waals surface area (Å²) < 4.78 is 6.51. The number of carboxylic acids is 1. The molecule has 0 bridgehead atoms. The van der Waals surface area contributed by atoms with Crippen LogP contribution in [-0.4, -0.2) is 52.1 Å². The number of thiophene rings is 1. The van der Waals surface area contributed by atoms with E-state index in [1.165, 1.54) is 23.3 Å². The van der Waals surface area contributed by atoms with Crippen molar-refractivity contribution in [3.8, 4) is 17.6 Å². The molecule has 0 atom stereocenters. The molecule has 2 saturated carbocycles.